The molecule has 1 aromatic carbocycles. The minimum absolute atomic E-state index is 0.0658. The number of alkyl halides is 3. The highest BCUT2D eigenvalue weighted by Crippen LogP contribution is 2.35. The summed E-state index contributed by atoms with van der Waals surface area (Å²) < 4.78 is 65.7. The van der Waals surface area contributed by atoms with E-state index in [9.17, 15) is 31.2 Å². The number of benzene rings is 1. The van der Waals surface area contributed by atoms with Gasteiger partial charge in [-0.2, -0.15) is 13.2 Å². The van der Waals surface area contributed by atoms with Crippen LogP contribution in [0, 0.1) is 5.92 Å². The number of sulfonamides is 1. The van der Waals surface area contributed by atoms with Crippen LogP contribution in [0.4, 0.5) is 13.2 Å². The van der Waals surface area contributed by atoms with Gasteiger partial charge >= 0.3 is 6.18 Å². The van der Waals surface area contributed by atoms with Crippen LogP contribution in [0.25, 0.3) is 0 Å². The number of rotatable bonds is 7. The number of nitrogens with one attached hydrogen (secondary N) is 2. The van der Waals surface area contributed by atoms with Crippen molar-refractivity contribution in [3.05, 3.63) is 28.8 Å². The third-order valence-electron chi connectivity index (χ3n) is 5.25. The van der Waals surface area contributed by atoms with Gasteiger partial charge in [0, 0.05) is 32.1 Å². The Morgan fingerprint density at radius 2 is 1.90 bits per heavy atom. The number of likely N-dealkylation sites (tertiary alicyclic amines) is 1. The first-order valence-corrected chi connectivity index (χ1v) is 11.8. The second kappa shape index (κ2) is 9.33. The minimum atomic E-state index is -4.80. The predicted octanol–water partition coefficient (Wildman–Crippen LogP) is 2.54. The van der Waals surface area contributed by atoms with Crippen molar-refractivity contribution in [3.8, 4) is 0 Å². The first kappa shape index (κ1) is 23.8. The molecule has 0 radical (unpaired) electrons. The Bertz CT molecular complexity index is 951. The lowest BCUT2D eigenvalue weighted by Crippen LogP contribution is -2.46. The number of amides is 2. The smallest absolute Gasteiger partial charge is 0.353 e. The van der Waals surface area contributed by atoms with Crippen LogP contribution < -0.4 is 10.0 Å². The van der Waals surface area contributed by atoms with E-state index in [-0.39, 0.29) is 43.3 Å². The van der Waals surface area contributed by atoms with Gasteiger partial charge in [0.1, 0.15) is 0 Å². The van der Waals surface area contributed by atoms with Crippen LogP contribution in [0.3, 0.4) is 0 Å². The van der Waals surface area contributed by atoms with E-state index in [0.717, 1.165) is 25.0 Å². The molecule has 0 bridgehead atoms. The van der Waals surface area contributed by atoms with Crippen molar-refractivity contribution in [2.24, 2.45) is 5.92 Å². The number of hydrogen-bond acceptors (Lipinski definition) is 4. The molecular weight excluding hydrogens is 459 g/mol. The molecule has 1 unspecified atom stereocenters. The molecule has 1 aliphatic carbocycles. The number of carbonyl (C=O) groups is 2. The SMILES string of the molecule is O=C(NC1CC1)C1CCCN(C(=O)CCNS(=O)(=O)c2ccc(Cl)c(C(F)(F)F)c2)C1. The number of carbonyl (C=O) groups excluding carboxylic acids is 2. The van der Waals surface area contributed by atoms with Crippen LogP contribution in [0.2, 0.25) is 5.02 Å². The number of nitrogens with zero attached hydrogens (tertiary/aromatic N) is 1. The van der Waals surface area contributed by atoms with Crippen molar-refractivity contribution in [2.75, 3.05) is 19.6 Å². The van der Waals surface area contributed by atoms with Gasteiger partial charge < -0.3 is 10.2 Å². The second-order valence-electron chi connectivity index (χ2n) is 7.75. The molecule has 2 fully saturated rings. The van der Waals surface area contributed by atoms with Gasteiger partial charge in [0.25, 0.3) is 0 Å². The molecule has 0 aromatic heterocycles. The first-order valence-electron chi connectivity index (χ1n) is 9.92. The maximum Gasteiger partial charge on any atom is 0.417 e. The first-order chi connectivity index (χ1) is 14.5. The second-order valence-corrected chi connectivity index (χ2v) is 9.92. The molecule has 1 aromatic rings. The zero-order chi connectivity index (χ0) is 22.8. The lowest BCUT2D eigenvalue weighted by Gasteiger charge is -2.32. The van der Waals surface area contributed by atoms with Crippen LogP contribution in [-0.2, 0) is 25.8 Å². The number of piperidine rings is 1. The Morgan fingerprint density at radius 3 is 2.55 bits per heavy atom. The van der Waals surface area contributed by atoms with Crippen molar-refractivity contribution < 1.29 is 31.2 Å². The van der Waals surface area contributed by atoms with Crippen molar-refractivity contribution in [1.29, 1.82) is 0 Å². The fourth-order valence-electron chi connectivity index (χ4n) is 3.39. The molecule has 2 N–H and O–H groups in total. The van der Waals surface area contributed by atoms with Crippen LogP contribution in [0.15, 0.2) is 23.1 Å². The highest BCUT2D eigenvalue weighted by molar-refractivity contribution is 7.89. The topological polar surface area (TPSA) is 95.6 Å². The summed E-state index contributed by atoms with van der Waals surface area (Å²) in [5, 5.41) is 2.32. The molecule has 0 spiro atoms. The monoisotopic (exact) mass is 481 g/mol. The van der Waals surface area contributed by atoms with E-state index in [2.05, 4.69) is 10.0 Å². The maximum atomic E-state index is 13.0. The van der Waals surface area contributed by atoms with Gasteiger partial charge in [0.05, 0.1) is 21.4 Å². The van der Waals surface area contributed by atoms with Gasteiger partial charge in [-0.05, 0) is 43.9 Å². The Labute approximate surface area is 183 Å². The molecule has 31 heavy (non-hydrogen) atoms. The Kier molecular flexibility index (Phi) is 7.17. The molecule has 1 aliphatic heterocycles. The summed E-state index contributed by atoms with van der Waals surface area (Å²) in [6.07, 6.45) is -1.66. The molecule has 2 aliphatic rings. The normalized spacial score (nSPS) is 19.9. The zero-order valence-electron chi connectivity index (χ0n) is 16.5. The molecule has 2 amide bonds. The van der Waals surface area contributed by atoms with Crippen molar-refractivity contribution >= 4 is 33.4 Å². The molecule has 3 rings (SSSR count). The minimum Gasteiger partial charge on any atom is -0.353 e. The fourth-order valence-corrected chi connectivity index (χ4v) is 4.67. The van der Waals surface area contributed by atoms with Gasteiger partial charge in [-0.15, -0.1) is 0 Å². The highest BCUT2D eigenvalue weighted by Gasteiger charge is 2.35. The summed E-state index contributed by atoms with van der Waals surface area (Å²) in [6.45, 7) is 0.474. The summed E-state index contributed by atoms with van der Waals surface area (Å²) >= 11 is 5.51. The van der Waals surface area contributed by atoms with Crippen LogP contribution in [0.5, 0.6) is 0 Å². The van der Waals surface area contributed by atoms with Crippen molar-refractivity contribution in [3.63, 3.8) is 0 Å². The van der Waals surface area contributed by atoms with E-state index in [0.29, 0.717) is 25.5 Å². The Hall–Kier alpha value is -1.85. The Morgan fingerprint density at radius 1 is 1.19 bits per heavy atom. The summed E-state index contributed by atoms with van der Waals surface area (Å²) in [4.78, 5) is 25.6. The molecule has 12 heteroatoms. The molecular formula is C19H23ClF3N3O4S. The van der Waals surface area contributed by atoms with Gasteiger partial charge in [0.2, 0.25) is 21.8 Å². The van der Waals surface area contributed by atoms with Crippen LogP contribution >= 0.6 is 11.6 Å². The quantitative estimate of drug-likeness (QED) is 0.625. The molecule has 172 valence electrons. The number of hydrogen-bond donors (Lipinski definition) is 2. The van der Waals surface area contributed by atoms with E-state index in [1.165, 1.54) is 4.90 Å². The van der Waals surface area contributed by atoms with E-state index in [4.69, 9.17) is 11.6 Å². The van der Waals surface area contributed by atoms with Gasteiger partial charge in [-0.1, -0.05) is 11.6 Å². The highest BCUT2D eigenvalue weighted by atomic mass is 35.5. The molecule has 1 saturated carbocycles. The molecule has 7 nitrogen and oxygen atoms in total. The largest absolute Gasteiger partial charge is 0.417 e. The van der Waals surface area contributed by atoms with Gasteiger partial charge in [0.15, 0.2) is 0 Å². The maximum absolute atomic E-state index is 13.0. The molecule has 1 saturated heterocycles. The van der Waals surface area contributed by atoms with Crippen molar-refractivity contribution in [2.45, 2.75) is 49.2 Å². The summed E-state index contributed by atoms with van der Waals surface area (Å²) in [5.41, 5.74) is -1.25. The summed E-state index contributed by atoms with van der Waals surface area (Å²) in [7, 11) is -4.26. The average molecular weight is 482 g/mol. The summed E-state index contributed by atoms with van der Waals surface area (Å²) in [5.74, 6) is -0.674. The summed E-state index contributed by atoms with van der Waals surface area (Å²) in [6, 6.07) is 2.53. The van der Waals surface area contributed by atoms with E-state index in [1.807, 2.05) is 0 Å². The van der Waals surface area contributed by atoms with Crippen molar-refractivity contribution in [1.82, 2.24) is 14.9 Å². The third-order valence-corrected chi connectivity index (χ3v) is 7.04. The average Bonchev–Trinajstić information content (AvgIpc) is 3.51. The standard InChI is InChI=1S/C19H23ClF3N3O4S/c20-16-6-5-14(10-15(16)19(21,22)23)31(29,30)24-8-7-17(27)26-9-1-2-12(11-26)18(28)25-13-3-4-13/h5-6,10,12-13,24H,1-4,7-9,11H2,(H,25,28). The fraction of sp³-hybridized carbons (Fsp3) is 0.579. The van der Waals surface area contributed by atoms with E-state index < -0.39 is 31.7 Å². The molecule has 1 heterocycles. The van der Waals surface area contributed by atoms with Gasteiger partial charge in [-0.25, -0.2) is 13.1 Å². The molecule has 1 atom stereocenters. The van der Waals surface area contributed by atoms with E-state index >= 15 is 0 Å². The van der Waals surface area contributed by atoms with E-state index in [1.54, 1.807) is 0 Å². The zero-order valence-corrected chi connectivity index (χ0v) is 18.1. The Balaban J connectivity index is 1.54. The number of halogens is 4. The lowest BCUT2D eigenvalue weighted by atomic mass is 9.97. The van der Waals surface area contributed by atoms with Gasteiger partial charge in [-0.3, -0.25) is 9.59 Å². The van der Waals surface area contributed by atoms with Crippen LogP contribution in [-0.4, -0.2) is 50.8 Å². The third kappa shape index (κ3) is 6.33. The van der Waals surface area contributed by atoms with Crippen LogP contribution in [0.1, 0.15) is 37.7 Å². The predicted molar refractivity (Wildman–Crippen MR) is 107 cm³/mol. The lowest BCUT2D eigenvalue weighted by molar-refractivity contribution is -0.138.